The second-order valence-corrected chi connectivity index (χ2v) is 6.37. The number of rotatable bonds is 3. The molecule has 3 aromatic rings. The van der Waals surface area contributed by atoms with E-state index in [9.17, 15) is 4.79 Å². The third-order valence-electron chi connectivity index (χ3n) is 4.49. The number of aryl methyl sites for hydroxylation is 3. The van der Waals surface area contributed by atoms with Crippen molar-refractivity contribution < 1.29 is 4.79 Å². The smallest absolute Gasteiger partial charge is 0.273 e. The third-order valence-corrected chi connectivity index (χ3v) is 4.49. The fourth-order valence-corrected chi connectivity index (χ4v) is 3.03. The Balaban J connectivity index is 1.45. The number of aromatic nitrogens is 6. The Kier molecular flexibility index (Phi) is 3.79. The summed E-state index contributed by atoms with van der Waals surface area (Å²) >= 11 is 0. The maximum Gasteiger partial charge on any atom is 0.273 e. The lowest BCUT2D eigenvalue weighted by Crippen LogP contribution is -2.41. The molecule has 0 bridgehead atoms. The summed E-state index contributed by atoms with van der Waals surface area (Å²) in [6, 6.07) is 7.93. The molecular formula is C17H19N7O. The van der Waals surface area contributed by atoms with Crippen molar-refractivity contribution in [3.63, 3.8) is 0 Å². The Morgan fingerprint density at radius 1 is 1.16 bits per heavy atom. The molecule has 3 heterocycles. The minimum Gasteiger partial charge on any atom is -0.346 e. The van der Waals surface area contributed by atoms with E-state index in [0.29, 0.717) is 12.2 Å². The molecule has 0 aliphatic carbocycles. The molecule has 1 N–H and O–H groups in total. The van der Waals surface area contributed by atoms with E-state index in [1.807, 2.05) is 38.1 Å². The quantitative estimate of drug-likeness (QED) is 0.776. The van der Waals surface area contributed by atoms with Crippen LogP contribution >= 0.6 is 0 Å². The van der Waals surface area contributed by atoms with E-state index < -0.39 is 0 Å². The first kappa shape index (κ1) is 15.5. The van der Waals surface area contributed by atoms with Crippen molar-refractivity contribution in [2.24, 2.45) is 0 Å². The van der Waals surface area contributed by atoms with Crippen LogP contribution in [-0.2, 0) is 13.0 Å². The van der Waals surface area contributed by atoms with Crippen molar-refractivity contribution in [3.05, 3.63) is 53.4 Å². The molecule has 0 unspecified atom stereocenters. The normalized spacial score (nSPS) is 16.5. The summed E-state index contributed by atoms with van der Waals surface area (Å²) in [6.07, 6.45) is 3.30. The molecule has 4 rings (SSSR count). The summed E-state index contributed by atoms with van der Waals surface area (Å²) in [5.74, 6) is 1.64. The van der Waals surface area contributed by atoms with Gasteiger partial charge in [-0.2, -0.15) is 0 Å². The summed E-state index contributed by atoms with van der Waals surface area (Å²) < 4.78 is 3.66. The molecular weight excluding hydrogens is 318 g/mol. The number of benzene rings is 1. The predicted molar refractivity (Wildman–Crippen MR) is 90.4 cm³/mol. The van der Waals surface area contributed by atoms with Gasteiger partial charge in [0.05, 0.1) is 11.9 Å². The van der Waals surface area contributed by atoms with Crippen molar-refractivity contribution in [3.8, 4) is 5.69 Å². The van der Waals surface area contributed by atoms with E-state index in [1.165, 1.54) is 5.56 Å². The maximum atomic E-state index is 12.5. The first-order valence-electron chi connectivity index (χ1n) is 8.29. The zero-order chi connectivity index (χ0) is 17.4. The Hall–Kier alpha value is -3.03. The van der Waals surface area contributed by atoms with Gasteiger partial charge in [0.2, 0.25) is 0 Å². The predicted octanol–water partition coefficient (Wildman–Crippen LogP) is 1.22. The first-order valence-corrected chi connectivity index (χ1v) is 8.29. The van der Waals surface area contributed by atoms with E-state index in [0.717, 1.165) is 30.2 Å². The summed E-state index contributed by atoms with van der Waals surface area (Å²) in [4.78, 5) is 12.5. The fraction of sp³-hybridized carbons (Fsp3) is 0.353. The van der Waals surface area contributed by atoms with Crippen molar-refractivity contribution in [2.45, 2.75) is 39.3 Å². The van der Waals surface area contributed by atoms with Gasteiger partial charge in [-0.05, 0) is 32.4 Å². The molecule has 8 nitrogen and oxygen atoms in total. The molecule has 8 heteroatoms. The highest BCUT2D eigenvalue weighted by molar-refractivity contribution is 5.92. The molecule has 1 aromatic carbocycles. The molecule has 2 aromatic heterocycles. The van der Waals surface area contributed by atoms with E-state index in [4.69, 9.17) is 0 Å². The molecule has 0 saturated heterocycles. The van der Waals surface area contributed by atoms with Crippen LogP contribution in [0.4, 0.5) is 0 Å². The van der Waals surface area contributed by atoms with Crippen molar-refractivity contribution in [2.75, 3.05) is 0 Å². The first-order chi connectivity index (χ1) is 12.1. The number of amides is 1. The minimum absolute atomic E-state index is 0.0409. The van der Waals surface area contributed by atoms with Gasteiger partial charge >= 0.3 is 0 Å². The second kappa shape index (κ2) is 6.12. The summed E-state index contributed by atoms with van der Waals surface area (Å²) in [7, 11) is 0. The number of fused-ring (bicyclic) bond motifs is 1. The van der Waals surface area contributed by atoms with Crippen LogP contribution in [0.5, 0.6) is 0 Å². The Morgan fingerprint density at radius 2 is 1.96 bits per heavy atom. The second-order valence-electron chi connectivity index (χ2n) is 6.37. The van der Waals surface area contributed by atoms with Crippen molar-refractivity contribution in [1.29, 1.82) is 0 Å². The number of carbonyl (C=O) groups is 1. The van der Waals surface area contributed by atoms with Crippen molar-refractivity contribution >= 4 is 5.91 Å². The highest BCUT2D eigenvalue weighted by Crippen LogP contribution is 2.15. The number of carbonyl (C=O) groups excluding carboxylic acids is 1. The van der Waals surface area contributed by atoms with Gasteiger partial charge in [-0.1, -0.05) is 22.9 Å². The lowest BCUT2D eigenvalue weighted by molar-refractivity contribution is 0.0922. The van der Waals surface area contributed by atoms with E-state index in [-0.39, 0.29) is 11.9 Å². The van der Waals surface area contributed by atoms with Gasteiger partial charge in [-0.3, -0.25) is 4.79 Å². The summed E-state index contributed by atoms with van der Waals surface area (Å²) in [6.45, 7) is 4.64. The monoisotopic (exact) mass is 337 g/mol. The van der Waals surface area contributed by atoms with Crippen LogP contribution in [0.15, 0.2) is 30.5 Å². The Bertz CT molecular complexity index is 909. The van der Waals surface area contributed by atoms with Gasteiger partial charge in [0.1, 0.15) is 11.6 Å². The number of nitrogens with one attached hydrogen (secondary N) is 1. The van der Waals surface area contributed by atoms with Crippen LogP contribution in [0.2, 0.25) is 0 Å². The Morgan fingerprint density at radius 3 is 2.76 bits per heavy atom. The highest BCUT2D eigenvalue weighted by atomic mass is 16.2. The van der Waals surface area contributed by atoms with Gasteiger partial charge in [-0.15, -0.1) is 15.3 Å². The third kappa shape index (κ3) is 3.02. The van der Waals surface area contributed by atoms with Gasteiger partial charge in [0.25, 0.3) is 5.91 Å². The molecule has 0 spiro atoms. The molecule has 0 saturated carbocycles. The highest BCUT2D eigenvalue weighted by Gasteiger charge is 2.24. The number of hydrogen-bond acceptors (Lipinski definition) is 5. The van der Waals surface area contributed by atoms with Crippen molar-refractivity contribution in [1.82, 2.24) is 35.1 Å². The van der Waals surface area contributed by atoms with E-state index in [2.05, 4.69) is 30.4 Å². The number of nitrogens with zero attached hydrogens (tertiary/aromatic N) is 6. The van der Waals surface area contributed by atoms with Gasteiger partial charge < -0.3 is 9.88 Å². The SMILES string of the molecule is Cc1ccc(-n2cc(C(=O)N[C@@H]3CCc4nnc(C)n4C3)nn2)cc1. The lowest BCUT2D eigenvalue weighted by Gasteiger charge is -2.24. The minimum atomic E-state index is -0.211. The fourth-order valence-electron chi connectivity index (χ4n) is 3.03. The van der Waals surface area contributed by atoms with Crippen LogP contribution in [0.1, 0.15) is 34.1 Å². The zero-order valence-corrected chi connectivity index (χ0v) is 14.2. The van der Waals surface area contributed by atoms with E-state index in [1.54, 1.807) is 10.9 Å². The van der Waals surface area contributed by atoms with Crippen LogP contribution in [0.25, 0.3) is 5.69 Å². The Labute approximate surface area is 144 Å². The molecule has 1 aliphatic rings. The largest absolute Gasteiger partial charge is 0.346 e. The lowest BCUT2D eigenvalue weighted by atomic mass is 10.1. The molecule has 25 heavy (non-hydrogen) atoms. The van der Waals surface area contributed by atoms with Crippen LogP contribution in [0.3, 0.4) is 0 Å². The molecule has 1 aliphatic heterocycles. The molecule has 0 radical (unpaired) electrons. The standard InChI is InChI=1S/C17H19N7O/c1-11-3-6-14(7-4-11)24-10-15(20-22-24)17(25)18-13-5-8-16-21-19-12(2)23(16)9-13/h3-4,6-7,10,13H,5,8-9H2,1-2H3,(H,18,25)/t13-/m1/s1. The van der Waals surface area contributed by atoms with Gasteiger partial charge in [-0.25, -0.2) is 4.68 Å². The molecule has 0 fully saturated rings. The topological polar surface area (TPSA) is 90.5 Å². The average molecular weight is 337 g/mol. The average Bonchev–Trinajstić information content (AvgIpc) is 3.24. The zero-order valence-electron chi connectivity index (χ0n) is 14.2. The van der Waals surface area contributed by atoms with Crippen LogP contribution in [0, 0.1) is 13.8 Å². The summed E-state index contributed by atoms with van der Waals surface area (Å²) in [5.41, 5.74) is 2.36. The molecule has 128 valence electrons. The maximum absolute atomic E-state index is 12.5. The number of hydrogen-bond donors (Lipinski definition) is 1. The van der Waals surface area contributed by atoms with Crippen LogP contribution in [-0.4, -0.2) is 41.7 Å². The summed E-state index contributed by atoms with van der Waals surface area (Å²) in [5, 5.41) is 19.3. The van der Waals surface area contributed by atoms with Gasteiger partial charge in [0.15, 0.2) is 5.69 Å². The van der Waals surface area contributed by atoms with Crippen LogP contribution < -0.4 is 5.32 Å². The molecule has 1 amide bonds. The van der Waals surface area contributed by atoms with E-state index >= 15 is 0 Å². The molecule has 1 atom stereocenters. The van der Waals surface area contributed by atoms with Gasteiger partial charge in [0, 0.05) is 19.0 Å².